The van der Waals surface area contributed by atoms with Crippen molar-refractivity contribution in [1.29, 1.82) is 0 Å². The van der Waals surface area contributed by atoms with Gasteiger partial charge in [-0.3, -0.25) is 0 Å². The molecule has 21 heavy (non-hydrogen) atoms. The SMILES string of the molecule is CC[C@H](N)[C@@H]1CC[C@@H](N)[C@@H](C2[C@@H](N)C[C@@H](N)[C@H](O)[C@H]2O)O1. The molecule has 0 aromatic rings. The third kappa shape index (κ3) is 3.39. The van der Waals surface area contributed by atoms with Crippen molar-refractivity contribution >= 4 is 0 Å². The van der Waals surface area contributed by atoms with Crippen LogP contribution in [-0.2, 0) is 4.74 Å². The average molecular weight is 302 g/mol. The quantitative estimate of drug-likeness (QED) is 0.352. The zero-order chi connectivity index (χ0) is 15.7. The van der Waals surface area contributed by atoms with Crippen LogP contribution >= 0.6 is 0 Å². The molecule has 7 heteroatoms. The van der Waals surface area contributed by atoms with Crippen LogP contribution in [0.2, 0.25) is 0 Å². The van der Waals surface area contributed by atoms with Crippen molar-refractivity contribution in [3.05, 3.63) is 0 Å². The summed E-state index contributed by atoms with van der Waals surface area (Å²) >= 11 is 0. The van der Waals surface area contributed by atoms with Crippen LogP contribution in [0.1, 0.15) is 32.6 Å². The topological polar surface area (TPSA) is 154 Å². The lowest BCUT2D eigenvalue weighted by molar-refractivity contribution is -0.156. The summed E-state index contributed by atoms with van der Waals surface area (Å²) in [5, 5.41) is 20.4. The van der Waals surface area contributed by atoms with Crippen LogP contribution in [0, 0.1) is 5.92 Å². The normalized spacial score (nSPS) is 49.9. The van der Waals surface area contributed by atoms with Gasteiger partial charge in [-0.2, -0.15) is 0 Å². The minimum Gasteiger partial charge on any atom is -0.390 e. The summed E-state index contributed by atoms with van der Waals surface area (Å²) in [5.41, 5.74) is 24.2. The number of hydrogen-bond donors (Lipinski definition) is 6. The number of aliphatic hydroxyl groups is 2. The Kier molecular flexibility index (Phi) is 5.59. The van der Waals surface area contributed by atoms with Gasteiger partial charge in [0.1, 0.15) is 0 Å². The van der Waals surface area contributed by atoms with E-state index in [1.165, 1.54) is 0 Å². The van der Waals surface area contributed by atoms with Crippen molar-refractivity contribution < 1.29 is 14.9 Å². The minimum absolute atomic E-state index is 0.0517. The highest BCUT2D eigenvalue weighted by Gasteiger charge is 2.48. The summed E-state index contributed by atoms with van der Waals surface area (Å²) in [4.78, 5) is 0. The summed E-state index contributed by atoms with van der Waals surface area (Å²) in [6, 6.07) is -1.12. The maximum Gasteiger partial charge on any atom is 0.0954 e. The highest BCUT2D eigenvalue weighted by molar-refractivity contribution is 5.03. The molecule has 9 atom stereocenters. The molecule has 124 valence electrons. The second-order valence-corrected chi connectivity index (χ2v) is 6.57. The summed E-state index contributed by atoms with van der Waals surface area (Å²) < 4.78 is 6.07. The molecule has 1 saturated carbocycles. The second-order valence-electron chi connectivity index (χ2n) is 6.57. The second kappa shape index (κ2) is 6.87. The first-order valence-electron chi connectivity index (χ1n) is 7.90. The van der Waals surface area contributed by atoms with E-state index in [0.29, 0.717) is 6.42 Å². The standard InChI is InChI=1S/C14H30N4O3/c1-2-6(15)10-4-3-7(16)14(21-10)11-8(17)5-9(18)12(19)13(11)20/h6-14,19-20H,2-5,15-18H2,1H3/t6-,7+,8-,9+,10-,11?,12-,13-,14-/m0/s1. The Morgan fingerprint density at radius 3 is 2.33 bits per heavy atom. The number of hydrogen-bond acceptors (Lipinski definition) is 7. The van der Waals surface area contributed by atoms with Crippen LogP contribution in [0.5, 0.6) is 0 Å². The fourth-order valence-corrected chi connectivity index (χ4v) is 3.63. The van der Waals surface area contributed by atoms with Gasteiger partial charge in [0, 0.05) is 30.1 Å². The van der Waals surface area contributed by atoms with Crippen LogP contribution in [-0.4, -0.2) is 58.8 Å². The average Bonchev–Trinajstić information content (AvgIpc) is 2.46. The molecule has 0 amide bonds. The van der Waals surface area contributed by atoms with Crippen LogP contribution in [0.15, 0.2) is 0 Å². The van der Waals surface area contributed by atoms with Gasteiger partial charge in [0.25, 0.3) is 0 Å². The Morgan fingerprint density at radius 2 is 1.71 bits per heavy atom. The zero-order valence-corrected chi connectivity index (χ0v) is 12.6. The van der Waals surface area contributed by atoms with Gasteiger partial charge in [-0.1, -0.05) is 6.92 Å². The van der Waals surface area contributed by atoms with Gasteiger partial charge in [0.15, 0.2) is 0 Å². The van der Waals surface area contributed by atoms with E-state index < -0.39 is 30.3 Å². The van der Waals surface area contributed by atoms with Crippen LogP contribution < -0.4 is 22.9 Å². The van der Waals surface area contributed by atoms with Crippen LogP contribution in [0.25, 0.3) is 0 Å². The van der Waals surface area contributed by atoms with E-state index in [0.717, 1.165) is 19.3 Å². The highest BCUT2D eigenvalue weighted by Crippen LogP contribution is 2.34. The van der Waals surface area contributed by atoms with E-state index >= 15 is 0 Å². The summed E-state index contributed by atoms with van der Waals surface area (Å²) in [7, 11) is 0. The lowest BCUT2D eigenvalue weighted by atomic mass is 9.72. The van der Waals surface area contributed by atoms with E-state index in [4.69, 9.17) is 27.7 Å². The van der Waals surface area contributed by atoms with Crippen LogP contribution in [0.4, 0.5) is 0 Å². The highest BCUT2D eigenvalue weighted by atomic mass is 16.5. The minimum atomic E-state index is -1.02. The lowest BCUT2D eigenvalue weighted by Gasteiger charge is -2.48. The molecule has 0 spiro atoms. The van der Waals surface area contributed by atoms with Crippen molar-refractivity contribution in [3.8, 4) is 0 Å². The number of rotatable bonds is 3. The van der Waals surface area contributed by atoms with Crippen molar-refractivity contribution in [3.63, 3.8) is 0 Å². The molecule has 0 aromatic heterocycles. The van der Waals surface area contributed by atoms with Crippen molar-refractivity contribution in [2.45, 2.75) is 81.2 Å². The van der Waals surface area contributed by atoms with Gasteiger partial charge < -0.3 is 37.9 Å². The molecule has 2 aliphatic rings. The molecule has 1 aliphatic heterocycles. The fourth-order valence-electron chi connectivity index (χ4n) is 3.63. The Labute approximate surface area is 126 Å². The Morgan fingerprint density at radius 1 is 1.05 bits per heavy atom. The molecule has 2 rings (SSSR count). The van der Waals surface area contributed by atoms with E-state index in [1.54, 1.807) is 0 Å². The van der Waals surface area contributed by atoms with Gasteiger partial charge in [-0.25, -0.2) is 0 Å². The molecule has 2 fully saturated rings. The maximum absolute atomic E-state index is 10.4. The molecule has 1 heterocycles. The molecule has 0 aromatic carbocycles. The first-order chi connectivity index (χ1) is 9.86. The van der Waals surface area contributed by atoms with Gasteiger partial charge >= 0.3 is 0 Å². The van der Waals surface area contributed by atoms with Gasteiger partial charge in [0.2, 0.25) is 0 Å². The molecule has 10 N–H and O–H groups in total. The Bertz CT molecular complexity index is 346. The molecular weight excluding hydrogens is 272 g/mol. The Hall–Kier alpha value is -0.280. The summed E-state index contributed by atoms with van der Waals surface area (Å²) in [5.74, 6) is -0.415. The van der Waals surface area contributed by atoms with Gasteiger partial charge in [-0.15, -0.1) is 0 Å². The molecule has 0 bridgehead atoms. The predicted molar refractivity (Wildman–Crippen MR) is 80.2 cm³/mol. The van der Waals surface area contributed by atoms with Crippen molar-refractivity contribution in [2.75, 3.05) is 0 Å². The summed E-state index contributed by atoms with van der Waals surface area (Å²) in [6.45, 7) is 2.02. The maximum atomic E-state index is 10.4. The molecule has 1 unspecified atom stereocenters. The largest absolute Gasteiger partial charge is 0.390 e. The van der Waals surface area contributed by atoms with E-state index in [1.807, 2.05) is 6.92 Å². The molecular formula is C14H30N4O3. The fraction of sp³-hybridized carbons (Fsp3) is 1.00. The first kappa shape index (κ1) is 17.1. The Balaban J connectivity index is 2.13. The molecule has 1 aliphatic carbocycles. The molecule has 7 nitrogen and oxygen atoms in total. The zero-order valence-electron chi connectivity index (χ0n) is 12.6. The smallest absolute Gasteiger partial charge is 0.0954 e. The summed E-state index contributed by atoms with van der Waals surface area (Å²) in [6.07, 6.45) is 0.371. The van der Waals surface area contributed by atoms with E-state index in [9.17, 15) is 10.2 Å². The first-order valence-corrected chi connectivity index (χ1v) is 7.90. The van der Waals surface area contributed by atoms with E-state index in [2.05, 4.69) is 0 Å². The van der Waals surface area contributed by atoms with Gasteiger partial charge in [0.05, 0.1) is 24.4 Å². The van der Waals surface area contributed by atoms with Crippen molar-refractivity contribution in [1.82, 2.24) is 0 Å². The lowest BCUT2D eigenvalue weighted by Crippen LogP contribution is -2.65. The van der Waals surface area contributed by atoms with Crippen LogP contribution in [0.3, 0.4) is 0 Å². The monoisotopic (exact) mass is 302 g/mol. The molecule has 0 radical (unpaired) electrons. The third-order valence-electron chi connectivity index (χ3n) is 5.09. The number of nitrogens with two attached hydrogens (primary N) is 4. The van der Waals surface area contributed by atoms with E-state index in [-0.39, 0.29) is 24.2 Å². The molecule has 1 saturated heterocycles. The third-order valence-corrected chi connectivity index (χ3v) is 5.09. The van der Waals surface area contributed by atoms with Gasteiger partial charge in [-0.05, 0) is 25.7 Å². The van der Waals surface area contributed by atoms with Crippen molar-refractivity contribution in [2.24, 2.45) is 28.9 Å². The number of aliphatic hydroxyl groups excluding tert-OH is 2. The predicted octanol–water partition coefficient (Wildman–Crippen LogP) is -2.01. The number of ether oxygens (including phenoxy) is 1.